The lowest BCUT2D eigenvalue weighted by Crippen LogP contribution is -2.46. The monoisotopic (exact) mass is 465 g/mol. The number of hydrogen-bond donors (Lipinski definition) is 1. The van der Waals surface area contributed by atoms with Gasteiger partial charge in [0.15, 0.2) is 5.56 Å². The van der Waals surface area contributed by atoms with E-state index in [1.807, 2.05) is 12.1 Å². The Morgan fingerprint density at radius 1 is 1.03 bits per heavy atom. The summed E-state index contributed by atoms with van der Waals surface area (Å²) in [6, 6.07) is 9.11. The number of benzene rings is 1. The van der Waals surface area contributed by atoms with E-state index >= 15 is 4.39 Å². The second-order valence-electron chi connectivity index (χ2n) is 7.69. The van der Waals surface area contributed by atoms with Gasteiger partial charge in [-0.05, 0) is 30.3 Å². The maximum Gasteiger partial charge on any atom is 0.344 e. The van der Waals surface area contributed by atoms with Crippen molar-refractivity contribution in [1.82, 2.24) is 14.5 Å². The summed E-state index contributed by atoms with van der Waals surface area (Å²) in [7, 11) is 0. The maximum atomic E-state index is 15.3. The maximum absolute atomic E-state index is 15.3. The number of nitrogens with zero attached hydrogens (tertiary/aromatic N) is 5. The molecular formula is C23H20FN5O3S. The molecular weight excluding hydrogens is 445 g/mol. The largest absolute Gasteiger partial charge is 0.477 e. The van der Waals surface area contributed by atoms with Crippen LogP contribution in [-0.4, -0.2) is 51.8 Å². The Balaban J connectivity index is 1.52. The Morgan fingerprint density at radius 3 is 2.36 bits per heavy atom. The second kappa shape index (κ2) is 8.62. The number of carbonyl (C=O) groups is 1. The highest BCUT2D eigenvalue weighted by atomic mass is 32.1. The van der Waals surface area contributed by atoms with Crippen molar-refractivity contribution in [2.45, 2.75) is 6.54 Å². The summed E-state index contributed by atoms with van der Waals surface area (Å²) in [6.45, 7) is 3.15. The lowest BCUT2D eigenvalue weighted by Gasteiger charge is -2.37. The van der Waals surface area contributed by atoms with Crippen LogP contribution in [0.3, 0.4) is 0 Å². The molecule has 8 nitrogen and oxygen atoms in total. The molecule has 4 aromatic rings. The van der Waals surface area contributed by atoms with E-state index in [0.717, 1.165) is 37.6 Å². The molecule has 0 spiro atoms. The van der Waals surface area contributed by atoms with Gasteiger partial charge in [-0.2, -0.15) is 4.39 Å². The van der Waals surface area contributed by atoms with Gasteiger partial charge in [0.2, 0.25) is 11.4 Å². The van der Waals surface area contributed by atoms with Crippen molar-refractivity contribution in [3.8, 4) is 0 Å². The summed E-state index contributed by atoms with van der Waals surface area (Å²) >= 11 is 1.34. The van der Waals surface area contributed by atoms with Crippen LogP contribution in [0.1, 0.15) is 15.4 Å². The van der Waals surface area contributed by atoms with Crippen LogP contribution in [0.2, 0.25) is 0 Å². The minimum atomic E-state index is -1.58. The number of rotatable bonds is 5. The molecule has 1 N–H and O–H groups in total. The summed E-state index contributed by atoms with van der Waals surface area (Å²) in [4.78, 5) is 37.1. The lowest BCUT2D eigenvalue weighted by molar-refractivity contribution is 0.0688. The van der Waals surface area contributed by atoms with Gasteiger partial charge in [0, 0.05) is 66.9 Å². The van der Waals surface area contributed by atoms with Gasteiger partial charge in [-0.3, -0.25) is 9.78 Å². The fourth-order valence-electron chi connectivity index (χ4n) is 4.19. The number of piperazine rings is 1. The Kier molecular flexibility index (Phi) is 5.51. The first-order valence-corrected chi connectivity index (χ1v) is 11.3. The van der Waals surface area contributed by atoms with Crippen molar-refractivity contribution in [2.24, 2.45) is 0 Å². The second-order valence-corrected chi connectivity index (χ2v) is 8.67. The summed E-state index contributed by atoms with van der Waals surface area (Å²) in [5.74, 6) is -2.64. The van der Waals surface area contributed by atoms with Gasteiger partial charge in [-0.25, -0.2) is 9.78 Å². The molecule has 3 aromatic heterocycles. The summed E-state index contributed by atoms with van der Waals surface area (Å²) < 4.78 is 16.5. The predicted octanol–water partition coefficient (Wildman–Crippen LogP) is 3.07. The Labute approximate surface area is 192 Å². The van der Waals surface area contributed by atoms with Crippen LogP contribution in [0.4, 0.5) is 15.8 Å². The minimum Gasteiger partial charge on any atom is -0.477 e. The molecule has 168 valence electrons. The topological polar surface area (TPSA) is 91.6 Å². The highest BCUT2D eigenvalue weighted by Gasteiger charge is 2.24. The standard InChI is InChI=1S/C23H20FN5O3S/c24-22-20(23(31)32)21(30)17-2-1-16(13-18(17)29(22)14-19-26-7-12-33-19)28-10-8-27(9-11-28)15-3-5-25-6-4-15/h1-7,12-13H,8-11,14H2,(H,31,32). The van der Waals surface area contributed by atoms with E-state index in [-0.39, 0.29) is 11.9 Å². The van der Waals surface area contributed by atoms with Gasteiger partial charge in [0.25, 0.3) is 0 Å². The first kappa shape index (κ1) is 21.1. The van der Waals surface area contributed by atoms with E-state index in [2.05, 4.69) is 19.8 Å². The number of fused-ring (bicyclic) bond motifs is 1. The molecule has 1 saturated heterocycles. The zero-order valence-electron chi connectivity index (χ0n) is 17.5. The Hall–Kier alpha value is -3.79. The van der Waals surface area contributed by atoms with Gasteiger partial charge in [0.1, 0.15) is 5.01 Å². The number of pyridine rings is 2. The van der Waals surface area contributed by atoms with E-state index in [0.29, 0.717) is 10.5 Å². The van der Waals surface area contributed by atoms with E-state index in [1.165, 1.54) is 15.9 Å². The quantitative estimate of drug-likeness (QED) is 0.453. The van der Waals surface area contributed by atoms with Crippen LogP contribution in [-0.2, 0) is 6.54 Å². The highest BCUT2D eigenvalue weighted by molar-refractivity contribution is 7.09. The van der Waals surface area contributed by atoms with Crippen molar-refractivity contribution >= 4 is 39.6 Å². The minimum absolute atomic E-state index is 0.0415. The molecule has 0 bridgehead atoms. The number of thiazole rings is 1. The summed E-state index contributed by atoms with van der Waals surface area (Å²) in [6.07, 6.45) is 5.15. The van der Waals surface area contributed by atoms with Crippen LogP contribution in [0, 0.1) is 5.95 Å². The number of anilines is 2. The number of carboxylic acids is 1. The van der Waals surface area contributed by atoms with E-state index in [4.69, 9.17) is 0 Å². The smallest absolute Gasteiger partial charge is 0.344 e. The number of hydrogen-bond acceptors (Lipinski definition) is 7. The lowest BCUT2D eigenvalue weighted by atomic mass is 10.1. The zero-order valence-corrected chi connectivity index (χ0v) is 18.3. The Morgan fingerprint density at radius 2 is 1.73 bits per heavy atom. The van der Waals surface area contributed by atoms with E-state index in [9.17, 15) is 14.7 Å². The Bertz CT molecular complexity index is 1370. The first-order valence-electron chi connectivity index (χ1n) is 10.4. The predicted molar refractivity (Wildman–Crippen MR) is 125 cm³/mol. The molecule has 0 unspecified atom stereocenters. The number of carboxylic acid groups (broad SMARTS) is 1. The van der Waals surface area contributed by atoms with Gasteiger partial charge in [0.05, 0.1) is 12.1 Å². The normalized spacial score (nSPS) is 14.1. The van der Waals surface area contributed by atoms with Crippen LogP contribution in [0.5, 0.6) is 0 Å². The van der Waals surface area contributed by atoms with Crippen LogP contribution < -0.4 is 15.2 Å². The number of aromatic carboxylic acids is 1. The molecule has 1 aromatic carbocycles. The molecule has 0 radical (unpaired) electrons. The molecule has 0 aliphatic carbocycles. The zero-order chi connectivity index (χ0) is 22.9. The fraction of sp³-hybridized carbons (Fsp3) is 0.217. The third-order valence-electron chi connectivity index (χ3n) is 5.85. The fourth-order valence-corrected chi connectivity index (χ4v) is 4.79. The van der Waals surface area contributed by atoms with Crippen molar-refractivity contribution in [3.63, 3.8) is 0 Å². The van der Waals surface area contributed by atoms with E-state index in [1.54, 1.807) is 42.2 Å². The van der Waals surface area contributed by atoms with Crippen molar-refractivity contribution < 1.29 is 14.3 Å². The molecule has 4 heterocycles. The first-order chi connectivity index (χ1) is 16.0. The van der Waals surface area contributed by atoms with Crippen LogP contribution in [0.25, 0.3) is 10.9 Å². The van der Waals surface area contributed by atoms with E-state index < -0.39 is 22.9 Å². The van der Waals surface area contributed by atoms with Crippen molar-refractivity contribution in [1.29, 1.82) is 0 Å². The third kappa shape index (κ3) is 3.93. The molecule has 0 saturated carbocycles. The average molecular weight is 466 g/mol. The summed E-state index contributed by atoms with van der Waals surface area (Å²) in [5.41, 5.74) is 0.652. The summed E-state index contributed by atoms with van der Waals surface area (Å²) in [5, 5.41) is 12.0. The molecule has 10 heteroatoms. The SMILES string of the molecule is O=C(O)c1c(F)n(Cc2nccs2)c2cc(N3CCN(c4ccncc4)CC3)ccc2c1=O. The molecule has 1 fully saturated rings. The third-order valence-corrected chi connectivity index (χ3v) is 6.61. The molecule has 33 heavy (non-hydrogen) atoms. The van der Waals surface area contributed by atoms with Crippen LogP contribution >= 0.6 is 11.3 Å². The van der Waals surface area contributed by atoms with Gasteiger partial charge >= 0.3 is 5.97 Å². The van der Waals surface area contributed by atoms with Gasteiger partial charge in [-0.15, -0.1) is 11.3 Å². The number of halogens is 1. The highest BCUT2D eigenvalue weighted by Crippen LogP contribution is 2.26. The van der Waals surface area contributed by atoms with Crippen molar-refractivity contribution in [2.75, 3.05) is 36.0 Å². The molecule has 5 rings (SSSR count). The van der Waals surface area contributed by atoms with Crippen LogP contribution in [0.15, 0.2) is 59.1 Å². The van der Waals surface area contributed by atoms with Gasteiger partial charge < -0.3 is 19.5 Å². The number of aromatic nitrogens is 3. The molecule has 1 aliphatic heterocycles. The molecule has 1 aliphatic rings. The molecule has 0 amide bonds. The van der Waals surface area contributed by atoms with Crippen molar-refractivity contribution in [3.05, 3.63) is 81.0 Å². The average Bonchev–Trinajstić information content (AvgIpc) is 3.35. The van der Waals surface area contributed by atoms with Gasteiger partial charge in [-0.1, -0.05) is 0 Å². The molecule has 0 atom stereocenters.